The molecule has 0 aliphatic heterocycles. The highest BCUT2D eigenvalue weighted by Crippen LogP contribution is 2.20. The smallest absolute Gasteiger partial charge is 0.330 e. The van der Waals surface area contributed by atoms with Crippen LogP contribution in [0.15, 0.2) is 30.4 Å². The molecule has 0 N–H and O–H groups in total. The summed E-state index contributed by atoms with van der Waals surface area (Å²) in [6.45, 7) is 2.20. The second kappa shape index (κ2) is 6.91. The molecule has 1 rings (SSSR count). The van der Waals surface area contributed by atoms with E-state index in [0.29, 0.717) is 12.4 Å². The van der Waals surface area contributed by atoms with Gasteiger partial charge in [0, 0.05) is 12.1 Å². The lowest BCUT2D eigenvalue weighted by molar-refractivity contribution is -0.137. The first-order valence-corrected chi connectivity index (χ1v) is 5.42. The highest BCUT2D eigenvalue weighted by Gasteiger charge is 2.00. The predicted octanol–water partition coefficient (Wildman–Crippen LogP) is 2.98. The van der Waals surface area contributed by atoms with Gasteiger partial charge in [-0.25, -0.2) is 9.18 Å². The fraction of sp³-hybridized carbons (Fsp3) is 0.250. The molecule has 3 nitrogen and oxygen atoms in total. The molecule has 92 valence electrons. The molecule has 0 bridgehead atoms. The minimum atomic E-state index is -0.543. The van der Waals surface area contributed by atoms with E-state index in [1.54, 1.807) is 13.0 Å². The van der Waals surface area contributed by atoms with Crippen LogP contribution in [0.3, 0.4) is 0 Å². The summed E-state index contributed by atoms with van der Waals surface area (Å²) in [6.07, 6.45) is 2.75. The number of hydrogen-bond donors (Lipinski definition) is 0. The molecular formula is C12H12ClFO3. The molecule has 0 aromatic heterocycles. The predicted molar refractivity (Wildman–Crippen MR) is 62.7 cm³/mol. The van der Waals surface area contributed by atoms with Gasteiger partial charge in [0.2, 0.25) is 0 Å². The molecule has 0 atom stereocenters. The van der Waals surface area contributed by atoms with Crippen LogP contribution >= 0.6 is 11.6 Å². The molecule has 1 aromatic carbocycles. The van der Waals surface area contributed by atoms with Gasteiger partial charge >= 0.3 is 5.97 Å². The van der Waals surface area contributed by atoms with Crippen molar-refractivity contribution in [1.82, 2.24) is 0 Å². The van der Waals surface area contributed by atoms with Crippen LogP contribution in [0.1, 0.15) is 6.92 Å². The number of esters is 1. The van der Waals surface area contributed by atoms with Gasteiger partial charge in [-0.1, -0.05) is 11.6 Å². The number of carbonyl (C=O) groups excluding carboxylic acids is 1. The Balaban J connectivity index is 2.40. The zero-order chi connectivity index (χ0) is 12.7. The average Bonchev–Trinajstić information content (AvgIpc) is 2.29. The van der Waals surface area contributed by atoms with Crippen molar-refractivity contribution in [2.45, 2.75) is 6.92 Å². The summed E-state index contributed by atoms with van der Waals surface area (Å²) in [5, 5.41) is 0.0411. The number of benzene rings is 1. The lowest BCUT2D eigenvalue weighted by atomic mass is 10.3. The van der Waals surface area contributed by atoms with E-state index >= 15 is 0 Å². The minimum absolute atomic E-state index is 0.0411. The van der Waals surface area contributed by atoms with E-state index in [9.17, 15) is 9.18 Å². The SMILES string of the molecule is CCOC(=O)/C=C/COc1ccc(Cl)c(F)c1. The second-order valence-electron chi connectivity index (χ2n) is 3.04. The molecule has 0 aliphatic carbocycles. The molecule has 0 radical (unpaired) electrons. The Morgan fingerprint density at radius 2 is 2.29 bits per heavy atom. The monoisotopic (exact) mass is 258 g/mol. The fourth-order valence-corrected chi connectivity index (χ4v) is 1.16. The lowest BCUT2D eigenvalue weighted by Gasteiger charge is -2.03. The molecule has 0 aliphatic rings. The molecule has 0 unspecified atom stereocenters. The van der Waals surface area contributed by atoms with Crippen molar-refractivity contribution in [1.29, 1.82) is 0 Å². The lowest BCUT2D eigenvalue weighted by Crippen LogP contribution is -2.01. The molecule has 0 amide bonds. The Morgan fingerprint density at radius 3 is 2.94 bits per heavy atom. The van der Waals surface area contributed by atoms with Gasteiger partial charge in [-0.3, -0.25) is 0 Å². The zero-order valence-electron chi connectivity index (χ0n) is 9.28. The number of rotatable bonds is 5. The topological polar surface area (TPSA) is 35.5 Å². The average molecular weight is 259 g/mol. The summed E-state index contributed by atoms with van der Waals surface area (Å²) < 4.78 is 22.9. The van der Waals surface area contributed by atoms with Crippen LogP contribution < -0.4 is 4.74 Å². The van der Waals surface area contributed by atoms with E-state index in [0.717, 1.165) is 0 Å². The normalized spacial score (nSPS) is 10.5. The Morgan fingerprint density at radius 1 is 1.53 bits per heavy atom. The van der Waals surface area contributed by atoms with Gasteiger partial charge in [0.1, 0.15) is 18.2 Å². The Labute approximate surface area is 104 Å². The Hall–Kier alpha value is -1.55. The molecule has 0 saturated heterocycles. The minimum Gasteiger partial charge on any atom is -0.489 e. The summed E-state index contributed by atoms with van der Waals surface area (Å²) >= 11 is 5.51. The maximum Gasteiger partial charge on any atom is 0.330 e. The summed E-state index contributed by atoms with van der Waals surface area (Å²) in [6, 6.07) is 4.13. The van der Waals surface area contributed by atoms with Crippen molar-refractivity contribution in [3.8, 4) is 5.75 Å². The summed E-state index contributed by atoms with van der Waals surface area (Å²) in [5.74, 6) is -0.627. The number of carbonyl (C=O) groups is 1. The maximum atomic E-state index is 13.0. The third-order valence-corrected chi connectivity index (χ3v) is 2.08. The van der Waals surface area contributed by atoms with Crippen LogP contribution in [-0.2, 0) is 9.53 Å². The van der Waals surface area contributed by atoms with E-state index in [1.807, 2.05) is 0 Å². The first-order valence-electron chi connectivity index (χ1n) is 5.04. The maximum absolute atomic E-state index is 13.0. The van der Waals surface area contributed by atoms with Crippen LogP contribution in [0.4, 0.5) is 4.39 Å². The highest BCUT2D eigenvalue weighted by molar-refractivity contribution is 6.30. The van der Waals surface area contributed by atoms with Crippen molar-refractivity contribution in [2.75, 3.05) is 13.2 Å². The van der Waals surface area contributed by atoms with Crippen molar-refractivity contribution < 1.29 is 18.7 Å². The van der Waals surface area contributed by atoms with Crippen LogP contribution in [-0.4, -0.2) is 19.2 Å². The molecule has 0 fully saturated rings. The first kappa shape index (κ1) is 13.5. The summed E-state index contributed by atoms with van der Waals surface area (Å²) in [5.41, 5.74) is 0. The molecular weight excluding hydrogens is 247 g/mol. The molecule has 17 heavy (non-hydrogen) atoms. The van der Waals surface area contributed by atoms with Gasteiger partial charge < -0.3 is 9.47 Å². The van der Waals surface area contributed by atoms with E-state index in [-0.39, 0.29) is 11.6 Å². The van der Waals surface area contributed by atoms with E-state index in [4.69, 9.17) is 16.3 Å². The highest BCUT2D eigenvalue weighted by atomic mass is 35.5. The first-order chi connectivity index (χ1) is 8.13. The van der Waals surface area contributed by atoms with Gasteiger partial charge in [-0.05, 0) is 25.1 Å². The van der Waals surface area contributed by atoms with Crippen LogP contribution in [0.5, 0.6) is 5.75 Å². The Kier molecular flexibility index (Phi) is 5.49. The standard InChI is InChI=1S/C12H12ClFO3/c1-2-16-12(15)4-3-7-17-9-5-6-10(13)11(14)8-9/h3-6,8H,2,7H2,1H3/b4-3+. The van der Waals surface area contributed by atoms with Gasteiger partial charge in [-0.2, -0.15) is 0 Å². The zero-order valence-corrected chi connectivity index (χ0v) is 10.0. The van der Waals surface area contributed by atoms with Crippen molar-refractivity contribution in [2.24, 2.45) is 0 Å². The number of ether oxygens (including phenoxy) is 2. The van der Waals surface area contributed by atoms with Crippen molar-refractivity contribution in [3.63, 3.8) is 0 Å². The quantitative estimate of drug-likeness (QED) is 0.602. The molecule has 0 saturated carbocycles. The van der Waals surface area contributed by atoms with Gasteiger partial charge in [0.15, 0.2) is 0 Å². The van der Waals surface area contributed by atoms with Crippen LogP contribution in [0.2, 0.25) is 5.02 Å². The Bertz CT molecular complexity index is 418. The largest absolute Gasteiger partial charge is 0.489 e. The summed E-state index contributed by atoms with van der Waals surface area (Å²) in [7, 11) is 0. The second-order valence-corrected chi connectivity index (χ2v) is 3.45. The number of halogens is 2. The third-order valence-electron chi connectivity index (χ3n) is 1.78. The van der Waals surface area contributed by atoms with E-state index in [1.165, 1.54) is 24.3 Å². The molecule has 0 heterocycles. The molecule has 1 aromatic rings. The third kappa shape index (κ3) is 4.87. The van der Waals surface area contributed by atoms with Gasteiger partial charge in [0.25, 0.3) is 0 Å². The van der Waals surface area contributed by atoms with Gasteiger partial charge in [0.05, 0.1) is 11.6 Å². The summed E-state index contributed by atoms with van der Waals surface area (Å²) in [4.78, 5) is 10.9. The van der Waals surface area contributed by atoms with Crippen molar-refractivity contribution >= 4 is 17.6 Å². The molecule has 0 spiro atoms. The fourth-order valence-electron chi connectivity index (χ4n) is 1.05. The molecule has 5 heteroatoms. The van der Waals surface area contributed by atoms with Gasteiger partial charge in [-0.15, -0.1) is 0 Å². The van der Waals surface area contributed by atoms with E-state index < -0.39 is 11.8 Å². The van der Waals surface area contributed by atoms with Crippen LogP contribution in [0, 0.1) is 5.82 Å². The van der Waals surface area contributed by atoms with E-state index in [2.05, 4.69) is 4.74 Å². The van der Waals surface area contributed by atoms with Crippen molar-refractivity contribution in [3.05, 3.63) is 41.2 Å². The number of hydrogen-bond acceptors (Lipinski definition) is 3. The van der Waals surface area contributed by atoms with Crippen LogP contribution in [0.25, 0.3) is 0 Å².